The van der Waals surface area contributed by atoms with Gasteiger partial charge in [-0.25, -0.2) is 0 Å². The minimum absolute atomic E-state index is 0.110. The average Bonchev–Trinajstić information content (AvgIpc) is 2.68. The number of benzene rings is 2. The Morgan fingerprint density at radius 2 is 1.86 bits per heavy atom. The van der Waals surface area contributed by atoms with E-state index in [1.54, 1.807) is 12.1 Å². The van der Waals surface area contributed by atoms with Crippen LogP contribution in [0.15, 0.2) is 47.4 Å². The molecule has 6 nitrogen and oxygen atoms in total. The number of amides is 1. The molecule has 28 heavy (non-hydrogen) atoms. The van der Waals surface area contributed by atoms with Crippen molar-refractivity contribution in [2.75, 3.05) is 24.8 Å². The van der Waals surface area contributed by atoms with E-state index < -0.39 is 18.0 Å². The predicted octanol–water partition coefficient (Wildman–Crippen LogP) is 4.06. The van der Waals surface area contributed by atoms with Crippen molar-refractivity contribution in [3.8, 4) is 11.5 Å². The van der Waals surface area contributed by atoms with Crippen molar-refractivity contribution in [2.45, 2.75) is 31.8 Å². The van der Waals surface area contributed by atoms with Crippen LogP contribution in [0.4, 0.5) is 5.69 Å². The molecule has 0 saturated heterocycles. The first-order valence-corrected chi connectivity index (χ1v) is 9.92. The number of esters is 1. The smallest absolute Gasteiger partial charge is 0.317 e. The van der Waals surface area contributed by atoms with Crippen LogP contribution in [0.2, 0.25) is 0 Å². The van der Waals surface area contributed by atoms with Crippen LogP contribution in [0.3, 0.4) is 0 Å². The quantitative estimate of drug-likeness (QED) is 0.503. The van der Waals surface area contributed by atoms with Gasteiger partial charge < -0.3 is 19.5 Å². The van der Waals surface area contributed by atoms with Gasteiger partial charge in [0, 0.05) is 4.90 Å². The van der Waals surface area contributed by atoms with Gasteiger partial charge in [0.2, 0.25) is 0 Å². The molecule has 0 spiro atoms. The lowest BCUT2D eigenvalue weighted by Crippen LogP contribution is -2.30. The molecular weight excluding hydrogens is 378 g/mol. The van der Waals surface area contributed by atoms with E-state index in [1.807, 2.05) is 44.2 Å². The molecule has 150 valence electrons. The fourth-order valence-electron chi connectivity index (χ4n) is 2.38. The molecule has 2 aromatic carbocycles. The second-order valence-electron chi connectivity index (χ2n) is 6.02. The van der Waals surface area contributed by atoms with Gasteiger partial charge in [-0.15, -0.1) is 11.8 Å². The number of aryl methyl sites for hydroxylation is 1. The van der Waals surface area contributed by atoms with Crippen LogP contribution in [-0.4, -0.2) is 37.4 Å². The molecule has 0 radical (unpaired) electrons. The lowest BCUT2D eigenvalue weighted by molar-refractivity contribution is -0.150. The van der Waals surface area contributed by atoms with Gasteiger partial charge in [0.25, 0.3) is 5.91 Å². The van der Waals surface area contributed by atoms with Crippen molar-refractivity contribution in [1.82, 2.24) is 0 Å². The molecule has 0 aliphatic heterocycles. The van der Waals surface area contributed by atoms with Gasteiger partial charge in [0.15, 0.2) is 6.10 Å². The second kappa shape index (κ2) is 10.6. The Morgan fingerprint density at radius 3 is 2.50 bits per heavy atom. The monoisotopic (exact) mass is 403 g/mol. The molecule has 0 aliphatic carbocycles. The van der Waals surface area contributed by atoms with Crippen LogP contribution < -0.4 is 14.8 Å². The number of hydrogen-bond donors (Lipinski definition) is 1. The topological polar surface area (TPSA) is 73.9 Å². The molecule has 0 aromatic heterocycles. The van der Waals surface area contributed by atoms with Gasteiger partial charge in [-0.2, -0.15) is 0 Å². The summed E-state index contributed by atoms with van der Waals surface area (Å²) in [5.74, 6) is 0.565. The summed E-state index contributed by atoms with van der Waals surface area (Å²) in [5.41, 5.74) is 1.52. The zero-order valence-electron chi connectivity index (χ0n) is 16.5. The minimum atomic E-state index is -0.918. The third-order valence-electron chi connectivity index (χ3n) is 3.78. The number of methoxy groups -OCH3 is 1. The van der Waals surface area contributed by atoms with Crippen molar-refractivity contribution in [3.63, 3.8) is 0 Å². The number of hydrogen-bond acceptors (Lipinski definition) is 6. The Balaban J connectivity index is 1.84. The molecule has 1 amide bonds. The Hall–Kier alpha value is -2.67. The van der Waals surface area contributed by atoms with Gasteiger partial charge in [0.1, 0.15) is 11.5 Å². The summed E-state index contributed by atoms with van der Waals surface area (Å²) < 4.78 is 15.9. The number of carbonyl (C=O) groups is 2. The zero-order chi connectivity index (χ0) is 20.5. The first kappa shape index (κ1) is 21.6. The number of anilines is 1. The highest BCUT2D eigenvalue weighted by Gasteiger charge is 2.19. The predicted molar refractivity (Wildman–Crippen MR) is 110 cm³/mol. The van der Waals surface area contributed by atoms with Crippen LogP contribution >= 0.6 is 11.8 Å². The highest BCUT2D eigenvalue weighted by atomic mass is 32.2. The zero-order valence-corrected chi connectivity index (χ0v) is 17.3. The summed E-state index contributed by atoms with van der Waals surface area (Å²) in [4.78, 5) is 25.3. The maximum atomic E-state index is 12.3. The molecular formula is C21H25NO5S. The van der Waals surface area contributed by atoms with E-state index in [9.17, 15) is 9.59 Å². The maximum Gasteiger partial charge on any atom is 0.317 e. The average molecular weight is 404 g/mol. The molecule has 0 bridgehead atoms. The first-order chi connectivity index (χ1) is 13.4. The largest absolute Gasteiger partial charge is 0.495 e. The first-order valence-electron chi connectivity index (χ1n) is 8.93. The molecule has 0 aliphatic rings. The Kier molecular flexibility index (Phi) is 8.19. The molecule has 1 N–H and O–H groups in total. The summed E-state index contributed by atoms with van der Waals surface area (Å²) in [6.07, 6.45) is -0.918. The molecule has 7 heteroatoms. The number of carbonyl (C=O) groups excluding carboxylic acids is 2. The van der Waals surface area contributed by atoms with Crippen LogP contribution in [0.5, 0.6) is 11.5 Å². The summed E-state index contributed by atoms with van der Waals surface area (Å²) in [7, 11) is 1.53. The van der Waals surface area contributed by atoms with Gasteiger partial charge in [-0.1, -0.05) is 6.07 Å². The summed E-state index contributed by atoms with van der Waals surface area (Å²) in [6.45, 7) is 5.98. The van der Waals surface area contributed by atoms with Crippen molar-refractivity contribution in [2.24, 2.45) is 0 Å². The van der Waals surface area contributed by atoms with E-state index in [0.717, 1.165) is 16.2 Å². The van der Waals surface area contributed by atoms with E-state index in [-0.39, 0.29) is 5.75 Å². The highest BCUT2D eigenvalue weighted by Crippen LogP contribution is 2.25. The second-order valence-corrected chi connectivity index (χ2v) is 7.07. The van der Waals surface area contributed by atoms with E-state index >= 15 is 0 Å². The summed E-state index contributed by atoms with van der Waals surface area (Å²) in [5, 5.41) is 2.74. The van der Waals surface area contributed by atoms with E-state index in [2.05, 4.69) is 5.32 Å². The van der Waals surface area contributed by atoms with Crippen molar-refractivity contribution in [3.05, 3.63) is 48.0 Å². The molecule has 0 heterocycles. The number of nitrogens with one attached hydrogen (secondary N) is 1. The van der Waals surface area contributed by atoms with Gasteiger partial charge in [-0.05, 0) is 62.7 Å². The van der Waals surface area contributed by atoms with Gasteiger partial charge >= 0.3 is 5.97 Å². The van der Waals surface area contributed by atoms with Crippen molar-refractivity contribution < 1.29 is 23.8 Å². The maximum absolute atomic E-state index is 12.3. The van der Waals surface area contributed by atoms with Crippen molar-refractivity contribution >= 4 is 29.3 Å². The SMILES string of the molecule is CCOc1ccc(SCC(=O)O[C@H](C)C(=O)Nc2cc(C)ccc2OC)cc1. The molecule has 2 rings (SSSR count). The van der Waals surface area contributed by atoms with Crippen LogP contribution in [0, 0.1) is 6.92 Å². The third kappa shape index (κ3) is 6.49. The fourth-order valence-corrected chi connectivity index (χ4v) is 3.06. The number of thioether (sulfide) groups is 1. The van der Waals surface area contributed by atoms with E-state index in [0.29, 0.717) is 18.0 Å². The summed E-state index contributed by atoms with van der Waals surface area (Å²) >= 11 is 1.34. The molecule has 2 aromatic rings. The fraction of sp³-hybridized carbons (Fsp3) is 0.333. The number of rotatable bonds is 9. The lowest BCUT2D eigenvalue weighted by Gasteiger charge is -2.15. The Labute approximate surface area is 169 Å². The van der Waals surface area contributed by atoms with Gasteiger partial charge in [-0.3, -0.25) is 9.59 Å². The minimum Gasteiger partial charge on any atom is -0.495 e. The lowest BCUT2D eigenvalue weighted by atomic mass is 10.2. The van der Waals surface area contributed by atoms with E-state index in [4.69, 9.17) is 14.2 Å². The van der Waals surface area contributed by atoms with E-state index in [1.165, 1.54) is 25.8 Å². The highest BCUT2D eigenvalue weighted by molar-refractivity contribution is 8.00. The Morgan fingerprint density at radius 1 is 1.14 bits per heavy atom. The standard InChI is InChI=1S/C21H25NO5S/c1-5-26-16-7-9-17(10-8-16)28-13-20(23)27-15(3)21(24)22-18-12-14(2)6-11-19(18)25-4/h6-12,15H,5,13H2,1-4H3,(H,22,24)/t15-/m1/s1. The molecule has 0 unspecified atom stereocenters. The molecule has 0 saturated carbocycles. The van der Waals surface area contributed by atoms with Gasteiger partial charge in [0.05, 0.1) is 25.2 Å². The van der Waals surface area contributed by atoms with Crippen LogP contribution in [0.25, 0.3) is 0 Å². The Bertz CT molecular complexity index is 807. The molecule has 0 fully saturated rings. The van der Waals surface area contributed by atoms with Crippen LogP contribution in [-0.2, 0) is 14.3 Å². The number of ether oxygens (including phenoxy) is 3. The van der Waals surface area contributed by atoms with Crippen molar-refractivity contribution in [1.29, 1.82) is 0 Å². The van der Waals surface area contributed by atoms with Crippen LogP contribution in [0.1, 0.15) is 19.4 Å². The normalized spacial score (nSPS) is 11.4. The molecule has 1 atom stereocenters. The third-order valence-corrected chi connectivity index (χ3v) is 4.77. The summed E-state index contributed by atoms with van der Waals surface area (Å²) in [6, 6.07) is 12.9.